The van der Waals surface area contributed by atoms with Crippen LogP contribution in [0.5, 0.6) is 5.88 Å². The lowest BCUT2D eigenvalue weighted by Gasteiger charge is -2.23. The summed E-state index contributed by atoms with van der Waals surface area (Å²) in [7, 11) is 4.81. The molecule has 4 N–H and O–H groups in total. The molecule has 1 aliphatic carbocycles. The number of anilines is 1. The predicted octanol–water partition coefficient (Wildman–Crippen LogP) is 11.3. The Balaban J connectivity index is 0.00000124. The lowest BCUT2D eigenvalue weighted by molar-refractivity contribution is -0.131. The van der Waals surface area contributed by atoms with E-state index in [-0.39, 0.29) is 23.0 Å². The highest BCUT2D eigenvalue weighted by molar-refractivity contribution is 6.36. The van der Waals surface area contributed by atoms with E-state index in [1.807, 2.05) is 60.6 Å². The number of unbranched alkanes of at least 4 members (excludes halogenated alkanes) is 1. The van der Waals surface area contributed by atoms with Crippen molar-refractivity contribution >= 4 is 35.0 Å². The quantitative estimate of drug-likeness (QED) is 0.133. The zero-order valence-electron chi connectivity index (χ0n) is 39.7. The summed E-state index contributed by atoms with van der Waals surface area (Å²) < 4.78 is 20.8. The van der Waals surface area contributed by atoms with Gasteiger partial charge < -0.3 is 20.5 Å². The molecule has 342 valence electrons. The average molecular weight is 871 g/mol. The van der Waals surface area contributed by atoms with E-state index in [2.05, 4.69) is 36.8 Å². The van der Waals surface area contributed by atoms with Crippen molar-refractivity contribution < 1.29 is 28.6 Å². The van der Waals surface area contributed by atoms with Crippen molar-refractivity contribution in [2.24, 2.45) is 11.8 Å². The molecule has 0 fully saturated rings. The number of carbonyl (C=O) groups excluding carboxylic acids is 3. The lowest BCUT2D eigenvalue weighted by atomic mass is 9.95. The van der Waals surface area contributed by atoms with Crippen LogP contribution in [0, 0.1) is 24.6 Å². The van der Waals surface area contributed by atoms with Crippen LogP contribution in [0.3, 0.4) is 0 Å². The largest absolute Gasteiger partial charge is 0.481 e. The smallest absolute Gasteiger partial charge is 0.273 e. The summed E-state index contributed by atoms with van der Waals surface area (Å²) in [4.78, 5) is 40.6. The monoisotopic (exact) mass is 870 g/mol. The standard InChI is InChI=1S/C28H26ClFN4O3.C8H18.C6H13NO.C3H8O.2C2H6/c1-15-22(32-26(35)20-12-13-31-34(2)28(20)36)11-10-21(30)24(15)19-9-5-8-18(25(19)29)23-14-16-6-4-7-17(16)27(33-23)37-3;1-4-6-7-8(3)5-2;1-4-5(2)6(8)7-3;1-2-3-4;2*1-2/h5,8-12,14,31H,4,6-7,13H2,1-3H3,(H,32,35);8H,4-7H2,1-3H3;5H,4H2,1-3H3,(H,7,8);4H,2-3H2,1H3;2*1-2H3. The molecule has 0 radical (unpaired) electrons. The molecule has 5 rings (SSSR count). The molecule has 0 spiro atoms. The van der Waals surface area contributed by atoms with Crippen molar-refractivity contribution in [3.05, 3.63) is 75.6 Å². The van der Waals surface area contributed by atoms with E-state index < -0.39 is 17.6 Å². The SMILES string of the molecule is CC.CC.CCC(C)C(=O)NC.CCCCC(C)CC.CCCO.COc1nc(-c2cccc(-c3c(F)ccc(NC(=O)C4=CCNN(C)C4=O)c3C)c2Cl)cc2c1CCC2. The molecule has 1 aliphatic heterocycles. The van der Waals surface area contributed by atoms with Crippen molar-refractivity contribution in [3.63, 3.8) is 0 Å². The minimum Gasteiger partial charge on any atom is -0.481 e. The number of nitrogens with zero attached hydrogens (tertiary/aromatic N) is 2. The molecule has 2 atom stereocenters. The molecule has 2 heterocycles. The third kappa shape index (κ3) is 17.5. The number of carbonyl (C=O) groups is 3. The van der Waals surface area contributed by atoms with E-state index in [1.165, 1.54) is 54.5 Å². The van der Waals surface area contributed by atoms with Crippen LogP contribution in [-0.4, -0.2) is 67.2 Å². The molecule has 0 bridgehead atoms. The number of ether oxygens (including phenoxy) is 1. The maximum absolute atomic E-state index is 15.2. The lowest BCUT2D eigenvalue weighted by Crippen LogP contribution is -2.46. The highest BCUT2D eigenvalue weighted by atomic mass is 35.5. The highest BCUT2D eigenvalue weighted by Crippen LogP contribution is 2.42. The second kappa shape index (κ2) is 31.5. The summed E-state index contributed by atoms with van der Waals surface area (Å²) in [5, 5.41) is 14.8. The van der Waals surface area contributed by atoms with E-state index in [0.29, 0.717) is 52.1 Å². The molecule has 1 aromatic heterocycles. The van der Waals surface area contributed by atoms with Crippen LogP contribution in [0.4, 0.5) is 10.1 Å². The summed E-state index contributed by atoms with van der Waals surface area (Å²) in [6.45, 7) is 23.1. The van der Waals surface area contributed by atoms with Crippen molar-refractivity contribution in [2.75, 3.05) is 39.7 Å². The number of aryl methyl sites for hydroxylation is 1. The highest BCUT2D eigenvalue weighted by Gasteiger charge is 2.26. The Labute approximate surface area is 372 Å². The van der Waals surface area contributed by atoms with E-state index in [4.69, 9.17) is 26.4 Å². The molecule has 2 unspecified atom stereocenters. The summed E-state index contributed by atoms with van der Waals surface area (Å²) >= 11 is 6.88. The van der Waals surface area contributed by atoms with Crippen LogP contribution < -0.4 is 20.8 Å². The number of amides is 3. The van der Waals surface area contributed by atoms with Gasteiger partial charge in [0.15, 0.2) is 0 Å². The predicted molar refractivity (Wildman–Crippen MR) is 253 cm³/mol. The molecule has 12 heteroatoms. The second-order valence-corrected chi connectivity index (χ2v) is 14.7. The Morgan fingerprint density at radius 1 is 1.02 bits per heavy atom. The molecule has 2 aromatic carbocycles. The molecule has 10 nitrogen and oxygen atoms in total. The van der Waals surface area contributed by atoms with Gasteiger partial charge in [0.1, 0.15) is 11.4 Å². The summed E-state index contributed by atoms with van der Waals surface area (Å²) in [6.07, 6.45) is 11.8. The van der Waals surface area contributed by atoms with Gasteiger partial charge in [-0.15, -0.1) is 0 Å². The number of nitrogens with one attached hydrogen (secondary N) is 3. The normalized spacial score (nSPS) is 13.2. The van der Waals surface area contributed by atoms with Gasteiger partial charge in [-0.25, -0.2) is 14.8 Å². The fourth-order valence-electron chi connectivity index (χ4n) is 6.11. The number of fused-ring (bicyclic) bond motifs is 1. The minimum atomic E-state index is -0.562. The summed E-state index contributed by atoms with van der Waals surface area (Å²) in [5.74, 6) is 0.351. The number of likely N-dealkylation sites (N-methyl/N-ethyl adjacent to an activating group) is 1. The van der Waals surface area contributed by atoms with Gasteiger partial charge in [-0.2, -0.15) is 0 Å². The molecule has 3 aromatic rings. The Hall–Kier alpha value is -4.32. The first-order chi connectivity index (χ1) is 29.2. The van der Waals surface area contributed by atoms with Crippen LogP contribution in [0.15, 0.2) is 48.0 Å². The molecular weight excluding hydrogens is 793 g/mol. The van der Waals surface area contributed by atoms with Crippen LogP contribution >= 0.6 is 11.6 Å². The molecule has 0 saturated carbocycles. The number of aliphatic hydroxyl groups is 1. The Morgan fingerprint density at radius 2 is 1.66 bits per heavy atom. The first kappa shape index (κ1) is 56.7. The van der Waals surface area contributed by atoms with E-state index >= 15 is 4.39 Å². The topological polar surface area (TPSA) is 133 Å². The van der Waals surface area contributed by atoms with Crippen LogP contribution in [0.2, 0.25) is 5.02 Å². The molecular formula is C49H77ClFN5O5. The van der Waals surface area contributed by atoms with E-state index in [9.17, 15) is 14.4 Å². The zero-order valence-corrected chi connectivity index (χ0v) is 40.5. The summed E-state index contributed by atoms with van der Waals surface area (Å²) in [6, 6.07) is 10.2. The van der Waals surface area contributed by atoms with Crippen LogP contribution in [0.1, 0.15) is 131 Å². The molecule has 3 amide bonds. The Morgan fingerprint density at radius 3 is 2.20 bits per heavy atom. The molecule has 2 aliphatic rings. The van der Waals surface area contributed by atoms with Crippen molar-refractivity contribution in [1.29, 1.82) is 0 Å². The Bertz CT molecular complexity index is 1820. The number of hydrogen-bond acceptors (Lipinski definition) is 7. The molecule has 61 heavy (non-hydrogen) atoms. The second-order valence-electron chi connectivity index (χ2n) is 14.4. The average Bonchev–Trinajstić information content (AvgIpc) is 3.78. The van der Waals surface area contributed by atoms with Gasteiger partial charge in [0.2, 0.25) is 11.8 Å². The maximum atomic E-state index is 15.2. The Kier molecular flexibility index (Phi) is 29.3. The maximum Gasteiger partial charge on any atom is 0.273 e. The number of methoxy groups -OCH3 is 1. The fraction of sp³-hybridized carbons (Fsp3) is 0.551. The number of hydrogen-bond donors (Lipinski definition) is 4. The van der Waals surface area contributed by atoms with Crippen molar-refractivity contribution in [3.8, 4) is 28.3 Å². The minimum absolute atomic E-state index is 0.0168. The number of halogens is 2. The number of aromatic nitrogens is 1. The van der Waals surface area contributed by atoms with Gasteiger partial charge in [0.25, 0.3) is 11.8 Å². The van der Waals surface area contributed by atoms with E-state index in [0.717, 1.165) is 43.6 Å². The van der Waals surface area contributed by atoms with Crippen LogP contribution in [0.25, 0.3) is 22.4 Å². The fourth-order valence-corrected chi connectivity index (χ4v) is 6.43. The number of benzene rings is 2. The van der Waals surface area contributed by atoms with Gasteiger partial charge in [0, 0.05) is 61.1 Å². The molecule has 0 saturated heterocycles. The van der Waals surface area contributed by atoms with Crippen LogP contribution in [-0.2, 0) is 27.2 Å². The third-order valence-electron chi connectivity index (χ3n) is 10.1. The van der Waals surface area contributed by atoms with Crippen molar-refractivity contribution in [1.82, 2.24) is 20.7 Å². The van der Waals surface area contributed by atoms with Gasteiger partial charge >= 0.3 is 0 Å². The number of pyridine rings is 1. The summed E-state index contributed by atoms with van der Waals surface area (Å²) in [5.41, 5.74) is 8.08. The van der Waals surface area contributed by atoms with Gasteiger partial charge in [-0.05, 0) is 74.3 Å². The van der Waals surface area contributed by atoms with E-state index in [1.54, 1.807) is 40.3 Å². The van der Waals surface area contributed by atoms with Gasteiger partial charge in [-0.3, -0.25) is 19.4 Å². The third-order valence-corrected chi connectivity index (χ3v) is 10.6. The number of aliphatic hydroxyl groups excluding tert-OH is 1. The zero-order chi connectivity index (χ0) is 46.7. The number of rotatable bonds is 12. The van der Waals surface area contributed by atoms with Gasteiger partial charge in [-0.1, -0.05) is 131 Å². The first-order valence-corrected chi connectivity index (χ1v) is 22.6. The van der Waals surface area contributed by atoms with Crippen molar-refractivity contribution in [2.45, 2.75) is 134 Å². The van der Waals surface area contributed by atoms with Gasteiger partial charge in [0.05, 0.1) is 17.8 Å². The first-order valence-electron chi connectivity index (χ1n) is 22.2. The number of hydrazine groups is 1.